The van der Waals surface area contributed by atoms with Crippen LogP contribution in [0.4, 0.5) is 0 Å². The standard InChI is InChI=1S/C15H22ClN3O/c1-10-7-19(8-14(10)17)9-15(20)18-11(2)12-5-3-4-6-13(12)16/h3-6,10-11,14H,7-9,17H2,1-2H3,(H,18,20). The second kappa shape index (κ2) is 6.57. The number of halogens is 1. The molecule has 4 nitrogen and oxygen atoms in total. The molecule has 1 aromatic rings. The molecule has 3 N–H and O–H groups in total. The number of carbonyl (C=O) groups is 1. The number of likely N-dealkylation sites (tertiary alicyclic amines) is 1. The third-order valence-electron chi connectivity index (χ3n) is 3.86. The van der Waals surface area contributed by atoms with Crippen LogP contribution in [-0.4, -0.2) is 36.5 Å². The third-order valence-corrected chi connectivity index (χ3v) is 4.21. The van der Waals surface area contributed by atoms with Crippen LogP contribution in [0.3, 0.4) is 0 Å². The summed E-state index contributed by atoms with van der Waals surface area (Å²) >= 11 is 6.13. The predicted octanol–water partition coefficient (Wildman–Crippen LogP) is 1.80. The summed E-state index contributed by atoms with van der Waals surface area (Å²) in [5.41, 5.74) is 6.90. The molecule has 1 saturated heterocycles. The van der Waals surface area contributed by atoms with Crippen molar-refractivity contribution < 1.29 is 4.79 Å². The van der Waals surface area contributed by atoms with Crippen LogP contribution in [0, 0.1) is 5.92 Å². The van der Waals surface area contributed by atoms with Crippen molar-refractivity contribution >= 4 is 17.5 Å². The molecule has 1 heterocycles. The van der Waals surface area contributed by atoms with Crippen molar-refractivity contribution in [3.63, 3.8) is 0 Å². The molecule has 0 saturated carbocycles. The lowest BCUT2D eigenvalue weighted by Gasteiger charge is -2.19. The molecule has 1 fully saturated rings. The van der Waals surface area contributed by atoms with Gasteiger partial charge in [-0.05, 0) is 24.5 Å². The van der Waals surface area contributed by atoms with Crippen LogP contribution in [0.25, 0.3) is 0 Å². The van der Waals surface area contributed by atoms with Crippen molar-refractivity contribution in [3.05, 3.63) is 34.9 Å². The van der Waals surface area contributed by atoms with Gasteiger partial charge < -0.3 is 11.1 Å². The van der Waals surface area contributed by atoms with E-state index in [-0.39, 0.29) is 18.0 Å². The van der Waals surface area contributed by atoms with E-state index in [0.29, 0.717) is 17.5 Å². The summed E-state index contributed by atoms with van der Waals surface area (Å²) in [6, 6.07) is 7.65. The molecule has 5 heteroatoms. The fraction of sp³-hybridized carbons (Fsp3) is 0.533. The second-order valence-corrected chi connectivity index (χ2v) is 6.05. The highest BCUT2D eigenvalue weighted by molar-refractivity contribution is 6.31. The van der Waals surface area contributed by atoms with Crippen LogP contribution in [0.1, 0.15) is 25.5 Å². The highest BCUT2D eigenvalue weighted by atomic mass is 35.5. The summed E-state index contributed by atoms with van der Waals surface area (Å²) in [7, 11) is 0. The van der Waals surface area contributed by atoms with Crippen molar-refractivity contribution in [2.24, 2.45) is 11.7 Å². The van der Waals surface area contributed by atoms with E-state index in [1.165, 1.54) is 0 Å². The maximum Gasteiger partial charge on any atom is 0.234 e. The summed E-state index contributed by atoms with van der Waals surface area (Å²) < 4.78 is 0. The number of amides is 1. The number of nitrogens with two attached hydrogens (primary N) is 1. The Hall–Kier alpha value is -1.10. The Morgan fingerprint density at radius 2 is 2.20 bits per heavy atom. The molecule has 3 unspecified atom stereocenters. The van der Waals surface area contributed by atoms with Gasteiger partial charge in [-0.2, -0.15) is 0 Å². The highest BCUT2D eigenvalue weighted by Crippen LogP contribution is 2.22. The molecule has 0 bridgehead atoms. The maximum atomic E-state index is 12.1. The Morgan fingerprint density at radius 1 is 1.50 bits per heavy atom. The van der Waals surface area contributed by atoms with Crippen LogP contribution in [0.15, 0.2) is 24.3 Å². The summed E-state index contributed by atoms with van der Waals surface area (Å²) in [6.45, 7) is 6.13. The minimum Gasteiger partial charge on any atom is -0.348 e. The average molecular weight is 296 g/mol. The molecule has 2 rings (SSSR count). The molecular formula is C15H22ClN3O. The predicted molar refractivity (Wildman–Crippen MR) is 81.6 cm³/mol. The average Bonchev–Trinajstić information content (AvgIpc) is 2.68. The minimum absolute atomic E-state index is 0.0127. The molecule has 0 radical (unpaired) electrons. The van der Waals surface area contributed by atoms with Crippen LogP contribution in [-0.2, 0) is 4.79 Å². The van der Waals surface area contributed by atoms with E-state index in [2.05, 4.69) is 17.1 Å². The van der Waals surface area contributed by atoms with Crippen molar-refractivity contribution in [1.29, 1.82) is 0 Å². The summed E-state index contributed by atoms with van der Waals surface area (Å²) in [5.74, 6) is 0.461. The van der Waals surface area contributed by atoms with Crippen molar-refractivity contribution in [2.45, 2.75) is 25.9 Å². The van der Waals surface area contributed by atoms with E-state index in [9.17, 15) is 4.79 Å². The molecule has 1 aromatic carbocycles. The van der Waals surface area contributed by atoms with Crippen LogP contribution < -0.4 is 11.1 Å². The van der Waals surface area contributed by atoms with Gasteiger partial charge in [-0.15, -0.1) is 0 Å². The van der Waals surface area contributed by atoms with E-state index in [1.807, 2.05) is 31.2 Å². The Balaban J connectivity index is 1.87. The second-order valence-electron chi connectivity index (χ2n) is 5.65. The Kier molecular flexibility index (Phi) is 5.02. The molecule has 3 atom stereocenters. The van der Waals surface area contributed by atoms with Gasteiger partial charge in [-0.3, -0.25) is 9.69 Å². The van der Waals surface area contributed by atoms with Gasteiger partial charge in [0, 0.05) is 24.2 Å². The number of nitrogens with one attached hydrogen (secondary N) is 1. The van der Waals surface area contributed by atoms with Crippen LogP contribution in [0.5, 0.6) is 0 Å². The quantitative estimate of drug-likeness (QED) is 0.890. The van der Waals surface area contributed by atoms with Gasteiger partial charge in [-0.1, -0.05) is 36.7 Å². The number of nitrogens with zero attached hydrogens (tertiary/aromatic N) is 1. The fourth-order valence-corrected chi connectivity index (χ4v) is 2.92. The van der Waals surface area contributed by atoms with Gasteiger partial charge in [-0.25, -0.2) is 0 Å². The van der Waals surface area contributed by atoms with Gasteiger partial charge >= 0.3 is 0 Å². The molecule has 0 aromatic heterocycles. The monoisotopic (exact) mass is 295 g/mol. The number of rotatable bonds is 4. The summed E-state index contributed by atoms with van der Waals surface area (Å²) in [5, 5.41) is 3.67. The Morgan fingerprint density at radius 3 is 2.80 bits per heavy atom. The SMILES string of the molecule is CC(NC(=O)CN1CC(C)C(N)C1)c1ccccc1Cl. The van der Waals surface area contributed by atoms with Crippen molar-refractivity contribution in [1.82, 2.24) is 10.2 Å². The smallest absolute Gasteiger partial charge is 0.234 e. The lowest BCUT2D eigenvalue weighted by molar-refractivity contribution is -0.122. The zero-order valence-electron chi connectivity index (χ0n) is 12.0. The maximum absolute atomic E-state index is 12.1. The molecule has 110 valence electrons. The van der Waals surface area contributed by atoms with Gasteiger partial charge in [0.15, 0.2) is 0 Å². The molecule has 1 aliphatic heterocycles. The van der Waals surface area contributed by atoms with Gasteiger partial charge in [0.1, 0.15) is 0 Å². The Bertz CT molecular complexity index is 470. The molecule has 20 heavy (non-hydrogen) atoms. The topological polar surface area (TPSA) is 58.4 Å². The molecule has 1 aliphatic rings. The van der Waals surface area contributed by atoms with Crippen LogP contribution >= 0.6 is 11.6 Å². The first-order valence-electron chi connectivity index (χ1n) is 6.99. The highest BCUT2D eigenvalue weighted by Gasteiger charge is 2.27. The molecule has 1 amide bonds. The zero-order valence-corrected chi connectivity index (χ0v) is 12.7. The van der Waals surface area contributed by atoms with E-state index in [1.54, 1.807) is 0 Å². The minimum atomic E-state index is -0.0927. The first-order chi connectivity index (χ1) is 9.47. The lowest BCUT2D eigenvalue weighted by Crippen LogP contribution is -2.38. The largest absolute Gasteiger partial charge is 0.348 e. The third kappa shape index (κ3) is 3.72. The summed E-state index contributed by atoms with van der Waals surface area (Å²) in [4.78, 5) is 14.2. The Labute approximate surface area is 125 Å². The van der Waals surface area contributed by atoms with Crippen LogP contribution in [0.2, 0.25) is 5.02 Å². The van der Waals surface area contributed by atoms with E-state index in [0.717, 1.165) is 18.7 Å². The van der Waals surface area contributed by atoms with E-state index in [4.69, 9.17) is 17.3 Å². The number of carbonyl (C=O) groups excluding carboxylic acids is 1. The normalized spacial score (nSPS) is 24.6. The number of benzene rings is 1. The zero-order chi connectivity index (χ0) is 14.7. The fourth-order valence-electron chi connectivity index (χ4n) is 2.62. The van der Waals surface area contributed by atoms with Gasteiger partial charge in [0.25, 0.3) is 0 Å². The van der Waals surface area contributed by atoms with E-state index >= 15 is 0 Å². The van der Waals surface area contributed by atoms with Gasteiger partial charge in [0.2, 0.25) is 5.91 Å². The van der Waals surface area contributed by atoms with Crippen molar-refractivity contribution in [3.8, 4) is 0 Å². The summed E-state index contributed by atoms with van der Waals surface area (Å²) in [6.07, 6.45) is 0. The van der Waals surface area contributed by atoms with Crippen molar-refractivity contribution in [2.75, 3.05) is 19.6 Å². The lowest BCUT2D eigenvalue weighted by atomic mass is 10.1. The molecular weight excluding hydrogens is 274 g/mol. The first-order valence-corrected chi connectivity index (χ1v) is 7.37. The first kappa shape index (κ1) is 15.3. The van der Waals surface area contributed by atoms with Gasteiger partial charge in [0.05, 0.1) is 12.6 Å². The molecule has 0 aliphatic carbocycles. The molecule has 0 spiro atoms. The number of hydrogen-bond donors (Lipinski definition) is 2. The number of hydrogen-bond acceptors (Lipinski definition) is 3. The van der Waals surface area contributed by atoms with E-state index < -0.39 is 0 Å².